The number of quaternary nitrogens is 1. The van der Waals surface area contributed by atoms with Crippen molar-refractivity contribution in [3.8, 4) is 0 Å². The van der Waals surface area contributed by atoms with Gasteiger partial charge in [-0.1, -0.05) is 12.1 Å². The Morgan fingerprint density at radius 2 is 2.00 bits per heavy atom. The molecule has 29 heavy (non-hydrogen) atoms. The Bertz CT molecular complexity index is 1010. The van der Waals surface area contributed by atoms with Crippen LogP contribution in [-0.2, 0) is 11.2 Å². The number of para-hydroxylation sites is 2. The van der Waals surface area contributed by atoms with E-state index in [9.17, 15) is 9.59 Å². The van der Waals surface area contributed by atoms with Crippen molar-refractivity contribution in [2.75, 3.05) is 19.6 Å². The minimum Gasteiger partial charge on any atom is -0.463 e. The number of nitrogens with one attached hydrogen (secondary N) is 3. The topological polar surface area (TPSA) is 92.4 Å². The van der Waals surface area contributed by atoms with Gasteiger partial charge in [0.25, 0.3) is 5.56 Å². The molecular weight excluding hydrogens is 368 g/mol. The minimum atomic E-state index is -0.234. The summed E-state index contributed by atoms with van der Waals surface area (Å²) >= 11 is 0. The van der Waals surface area contributed by atoms with Crippen LogP contribution in [0.1, 0.15) is 43.2 Å². The first-order valence-corrected chi connectivity index (χ1v) is 10.3. The summed E-state index contributed by atoms with van der Waals surface area (Å²) < 4.78 is 5.64. The van der Waals surface area contributed by atoms with Crippen LogP contribution in [0.3, 0.4) is 0 Å². The largest absolute Gasteiger partial charge is 0.463 e. The molecule has 1 aliphatic rings. The van der Waals surface area contributed by atoms with Crippen LogP contribution in [0, 0.1) is 0 Å². The smallest absolute Gasteiger partial charge is 0.270 e. The zero-order chi connectivity index (χ0) is 20.1. The first-order chi connectivity index (χ1) is 14.2. The van der Waals surface area contributed by atoms with Crippen molar-refractivity contribution in [1.29, 1.82) is 0 Å². The molecule has 1 aliphatic heterocycles. The van der Waals surface area contributed by atoms with Gasteiger partial charge in [0.2, 0.25) is 5.91 Å². The number of piperidine rings is 1. The number of fused-ring (bicyclic) bond motifs is 1. The Kier molecular flexibility index (Phi) is 6.05. The van der Waals surface area contributed by atoms with Crippen molar-refractivity contribution in [1.82, 2.24) is 15.3 Å². The molecule has 0 spiro atoms. The van der Waals surface area contributed by atoms with Crippen LogP contribution in [0.5, 0.6) is 0 Å². The molecule has 3 N–H and O–H groups in total. The second kappa shape index (κ2) is 9.05. The van der Waals surface area contributed by atoms with E-state index in [0.29, 0.717) is 24.2 Å². The molecule has 2 aromatic heterocycles. The average molecular weight is 395 g/mol. The van der Waals surface area contributed by atoms with Gasteiger partial charge in [0.1, 0.15) is 5.69 Å². The van der Waals surface area contributed by atoms with Gasteiger partial charge in [-0.15, -0.1) is 0 Å². The lowest BCUT2D eigenvalue weighted by atomic mass is 10.1. The van der Waals surface area contributed by atoms with Crippen molar-refractivity contribution in [2.24, 2.45) is 0 Å². The highest BCUT2D eigenvalue weighted by molar-refractivity contribution is 5.76. The summed E-state index contributed by atoms with van der Waals surface area (Å²) in [6.07, 6.45) is 5.91. The number of nitrogens with zero attached hydrogens (tertiary/aromatic N) is 1. The number of carbonyl (C=O) groups excluding carboxylic acids is 1. The fraction of sp³-hybridized carbons (Fsp3) is 0.409. The highest BCUT2D eigenvalue weighted by atomic mass is 16.3. The van der Waals surface area contributed by atoms with E-state index in [2.05, 4.69) is 15.3 Å². The second-order valence-corrected chi connectivity index (χ2v) is 7.62. The molecule has 3 heterocycles. The third-order valence-electron chi connectivity index (χ3n) is 5.64. The van der Waals surface area contributed by atoms with E-state index < -0.39 is 0 Å². The Labute approximate surface area is 169 Å². The molecule has 3 aromatic rings. The number of hydrogen-bond acceptors (Lipinski definition) is 4. The number of furan rings is 1. The summed E-state index contributed by atoms with van der Waals surface area (Å²) in [5, 5.41) is 3.04. The summed E-state index contributed by atoms with van der Waals surface area (Å²) in [4.78, 5) is 33.4. The number of aromatic amines is 1. The lowest BCUT2D eigenvalue weighted by molar-refractivity contribution is -0.936. The Balaban J connectivity index is 1.36. The summed E-state index contributed by atoms with van der Waals surface area (Å²) in [5.74, 6) is 0.835. The van der Waals surface area contributed by atoms with Gasteiger partial charge in [-0.2, -0.15) is 0 Å². The van der Waals surface area contributed by atoms with E-state index in [1.54, 1.807) is 6.26 Å². The number of H-pyrrole nitrogens is 1. The fourth-order valence-corrected chi connectivity index (χ4v) is 4.06. The van der Waals surface area contributed by atoms with Crippen molar-refractivity contribution in [3.63, 3.8) is 0 Å². The van der Waals surface area contributed by atoms with Crippen LogP contribution < -0.4 is 15.8 Å². The number of hydrogen-bond donors (Lipinski definition) is 3. The first-order valence-electron chi connectivity index (χ1n) is 10.3. The number of rotatable bonds is 7. The lowest BCUT2D eigenvalue weighted by Crippen LogP contribution is -3.13. The fourth-order valence-electron chi connectivity index (χ4n) is 4.06. The van der Waals surface area contributed by atoms with Crippen LogP contribution in [-0.4, -0.2) is 35.5 Å². The summed E-state index contributed by atoms with van der Waals surface area (Å²) in [6, 6.07) is 11.4. The average Bonchev–Trinajstić information content (AvgIpc) is 3.28. The van der Waals surface area contributed by atoms with Crippen LogP contribution in [0.4, 0.5) is 0 Å². The quantitative estimate of drug-likeness (QED) is 0.563. The normalized spacial score (nSPS) is 16.0. The molecule has 0 unspecified atom stereocenters. The standard InChI is InChI=1S/C22H26N4O3/c27-21(11-10-18-22(28)25-17-8-3-2-7-16(17)24-18)23-15-19(20-9-6-14-29-20)26-12-4-1-5-13-26/h2-3,6-9,14,19H,1,4-5,10-13,15H2,(H,23,27)(H,25,28)/p+1/t19-/m1/s1. The molecule has 4 rings (SSSR count). The van der Waals surface area contributed by atoms with Gasteiger partial charge in [-0.05, 0) is 43.5 Å². The number of amides is 1. The molecule has 0 radical (unpaired) electrons. The van der Waals surface area contributed by atoms with Gasteiger partial charge >= 0.3 is 0 Å². The SMILES string of the molecule is O=C(CCc1nc2ccccc2[nH]c1=O)NC[C@H](c1ccco1)[NH+]1CCCCC1. The van der Waals surface area contributed by atoms with E-state index >= 15 is 0 Å². The zero-order valence-corrected chi connectivity index (χ0v) is 16.4. The van der Waals surface area contributed by atoms with Crippen LogP contribution >= 0.6 is 0 Å². The summed E-state index contributed by atoms with van der Waals surface area (Å²) in [7, 11) is 0. The van der Waals surface area contributed by atoms with E-state index in [0.717, 1.165) is 24.4 Å². The Morgan fingerprint density at radius 3 is 2.79 bits per heavy atom. The molecule has 1 atom stereocenters. The number of aromatic nitrogens is 2. The number of likely N-dealkylation sites (tertiary alicyclic amines) is 1. The molecule has 1 aromatic carbocycles. The van der Waals surface area contributed by atoms with Gasteiger partial charge < -0.3 is 19.6 Å². The first kappa shape index (κ1) is 19.4. The predicted molar refractivity (Wildman–Crippen MR) is 110 cm³/mol. The maximum Gasteiger partial charge on any atom is 0.270 e. The highest BCUT2D eigenvalue weighted by Gasteiger charge is 2.28. The molecule has 1 amide bonds. The maximum atomic E-state index is 12.5. The van der Waals surface area contributed by atoms with Gasteiger partial charge in [-0.3, -0.25) is 9.59 Å². The number of carbonyl (C=O) groups is 1. The third-order valence-corrected chi connectivity index (χ3v) is 5.64. The van der Waals surface area contributed by atoms with Gasteiger partial charge in [0, 0.05) is 12.8 Å². The molecule has 1 fully saturated rings. The van der Waals surface area contributed by atoms with Crippen LogP contribution in [0.15, 0.2) is 51.9 Å². The Hall–Kier alpha value is -2.93. The van der Waals surface area contributed by atoms with E-state index in [-0.39, 0.29) is 23.9 Å². The number of aryl methyl sites for hydroxylation is 1. The molecule has 0 aliphatic carbocycles. The van der Waals surface area contributed by atoms with Gasteiger partial charge in [-0.25, -0.2) is 4.98 Å². The molecular formula is C22H27N4O3+. The summed E-state index contributed by atoms with van der Waals surface area (Å²) in [5.41, 5.74) is 1.59. The van der Waals surface area contributed by atoms with E-state index in [1.165, 1.54) is 24.2 Å². The highest BCUT2D eigenvalue weighted by Crippen LogP contribution is 2.12. The molecule has 0 saturated carbocycles. The monoisotopic (exact) mass is 395 g/mol. The van der Waals surface area contributed by atoms with Gasteiger partial charge in [0.05, 0.1) is 36.9 Å². The van der Waals surface area contributed by atoms with Crippen LogP contribution in [0.2, 0.25) is 0 Å². The van der Waals surface area contributed by atoms with Crippen molar-refractivity contribution in [3.05, 3.63) is 64.5 Å². The van der Waals surface area contributed by atoms with Gasteiger partial charge in [0.15, 0.2) is 11.8 Å². The number of benzene rings is 1. The lowest BCUT2D eigenvalue weighted by Gasteiger charge is -2.30. The molecule has 0 bridgehead atoms. The van der Waals surface area contributed by atoms with Crippen LogP contribution in [0.25, 0.3) is 11.0 Å². The predicted octanol–water partition coefficient (Wildman–Crippen LogP) is 1.37. The van der Waals surface area contributed by atoms with Crippen molar-refractivity contribution in [2.45, 2.75) is 38.1 Å². The minimum absolute atomic E-state index is 0.0766. The Morgan fingerprint density at radius 1 is 1.17 bits per heavy atom. The van der Waals surface area contributed by atoms with E-state index in [4.69, 9.17) is 4.42 Å². The molecule has 152 valence electrons. The summed E-state index contributed by atoms with van der Waals surface area (Å²) in [6.45, 7) is 2.72. The van der Waals surface area contributed by atoms with E-state index in [1.807, 2.05) is 36.4 Å². The zero-order valence-electron chi connectivity index (χ0n) is 16.4. The maximum absolute atomic E-state index is 12.5. The molecule has 7 nitrogen and oxygen atoms in total. The van der Waals surface area contributed by atoms with Crippen molar-refractivity contribution >= 4 is 16.9 Å². The third kappa shape index (κ3) is 4.74. The molecule has 1 saturated heterocycles. The second-order valence-electron chi connectivity index (χ2n) is 7.62. The molecule has 7 heteroatoms. The van der Waals surface area contributed by atoms with Crippen molar-refractivity contribution < 1.29 is 14.1 Å².